The highest BCUT2D eigenvalue weighted by molar-refractivity contribution is 7.82. The van der Waals surface area contributed by atoms with Gasteiger partial charge in [0, 0.05) is 30.8 Å². The number of carbonyl (C=O) groups is 4. The van der Waals surface area contributed by atoms with E-state index in [0.29, 0.717) is 0 Å². The number of hydrogen-bond acceptors (Lipinski definition) is 49. The van der Waals surface area contributed by atoms with Crippen molar-refractivity contribution in [3.8, 4) is 0 Å². The molecule has 0 aromatic carbocycles. The average Bonchev–Trinajstić information content (AvgIpc) is 0.766. The minimum Gasteiger partial charge on any atom is -0.479 e. The van der Waals surface area contributed by atoms with Crippen LogP contribution in [0.4, 0.5) is 0 Å². The highest BCUT2D eigenvalue weighted by Gasteiger charge is 2.59. The van der Waals surface area contributed by atoms with Crippen LogP contribution in [-0.2, 0) is 182 Å². The molecule has 5 aliphatic heterocycles. The van der Waals surface area contributed by atoms with Crippen LogP contribution in [0, 0.1) is 23.7 Å². The number of hydrogen-bond donors (Lipinski definition) is 21. The summed E-state index contributed by atoms with van der Waals surface area (Å²) < 4.78 is 317. The SMILES string of the molecule is CO[C@H]1OC(CO)[C@@H](OC(COS(=O)(=O)O)OC(C(=O)O)[C@H](O[C@@H]2OC(CO)[C@@H](OC(COS(=O)(=O)O)OC(C(=O)O)[C@H](O[C@@H]3OC(COS(=O)(=O)O)[C@@H](O[C@@H]4OC(C(=O)O)[C@H](O[C@@H]5OC(COS(=O)(=O)O)[C@@H](O[C@@H](COS(=O)(=O)O)OC(C(=O)O)[C@@H](O)[C@H](C)O)C(O)[C@@H]5C)C(O)[C@@H]4OS(=O)(=O)O)C(O)[C@@H]3C)[C@H](C)O)C(O)[C@@H]2C)[C@H](C)O)C(O)[C@@H]1C. The first-order valence-electron chi connectivity index (χ1n) is 34.9. The summed E-state index contributed by atoms with van der Waals surface area (Å²) in [6, 6.07) is 0. The highest BCUT2D eigenvalue weighted by atomic mass is 32.3. The molecule has 0 radical (unpaired) electrons. The Balaban J connectivity index is 1.46. The lowest BCUT2D eigenvalue weighted by Gasteiger charge is -2.49. The lowest BCUT2D eigenvalue weighted by atomic mass is 9.91. The van der Waals surface area contributed by atoms with E-state index < -0.39 is 359 Å². The second kappa shape index (κ2) is 45.3. The van der Waals surface area contributed by atoms with Crippen molar-refractivity contribution in [2.75, 3.05) is 53.4 Å². The molecule has 21 N–H and O–H groups in total. The first-order chi connectivity index (χ1) is 55.5. The fourth-order valence-electron chi connectivity index (χ4n) is 12.4. The van der Waals surface area contributed by atoms with Gasteiger partial charge in [-0.3, -0.25) is 27.3 Å². The normalized spacial score (nSPS) is 35.0. The number of aliphatic hydroxyl groups excluding tert-OH is 11. The van der Waals surface area contributed by atoms with Crippen molar-refractivity contribution in [3.05, 3.63) is 0 Å². The third kappa shape index (κ3) is 32.0. The number of methoxy groups -OCH3 is 1. The maximum Gasteiger partial charge on any atom is 0.397 e. The summed E-state index contributed by atoms with van der Waals surface area (Å²) in [4.78, 5) is 51.7. The lowest BCUT2D eigenvalue weighted by molar-refractivity contribution is -0.373. The Morgan fingerprint density at radius 1 is 0.364 bits per heavy atom. The second-order valence-electron chi connectivity index (χ2n) is 27.4. The van der Waals surface area contributed by atoms with Gasteiger partial charge < -0.3 is 152 Å². The molecule has 710 valence electrons. The Hall–Kier alpha value is -3.98. The van der Waals surface area contributed by atoms with Crippen LogP contribution in [0.1, 0.15) is 48.5 Å². The number of carboxylic acids is 4. The summed E-state index contributed by atoms with van der Waals surface area (Å²) in [5, 5.41) is 164. The number of rotatable bonds is 50. The molecule has 37 atom stereocenters. The van der Waals surface area contributed by atoms with Gasteiger partial charge in [0.1, 0.15) is 99.2 Å². The fraction of sp³-hybridized carbons (Fsp3) is 0.929. The Bertz CT molecular complexity index is 4030. The Labute approximate surface area is 686 Å². The van der Waals surface area contributed by atoms with Crippen molar-refractivity contribution < 1.29 is 274 Å². The number of ether oxygens (including phenoxy) is 16. The minimum atomic E-state index is -6.06. The van der Waals surface area contributed by atoms with E-state index in [1.54, 1.807) is 0 Å². The quantitative estimate of drug-likeness (QED) is 0.0199. The van der Waals surface area contributed by atoms with Crippen LogP contribution in [0.5, 0.6) is 0 Å². The van der Waals surface area contributed by atoms with E-state index in [-0.39, 0.29) is 0 Å². The van der Waals surface area contributed by atoms with Gasteiger partial charge >= 0.3 is 86.3 Å². The van der Waals surface area contributed by atoms with E-state index in [4.69, 9.17) is 75.8 Å². The monoisotopic (exact) mass is 1900 g/mol. The van der Waals surface area contributed by atoms with Gasteiger partial charge in [-0.2, -0.15) is 50.5 Å². The largest absolute Gasteiger partial charge is 0.479 e. The number of carboxylic acid groups (broad SMARTS) is 4. The van der Waals surface area contributed by atoms with E-state index in [9.17, 15) is 174 Å². The molecule has 0 saturated carbocycles. The molecular formula is C56H96O59S6. The van der Waals surface area contributed by atoms with Crippen molar-refractivity contribution in [3.63, 3.8) is 0 Å². The van der Waals surface area contributed by atoms with Crippen molar-refractivity contribution in [1.82, 2.24) is 0 Å². The van der Waals surface area contributed by atoms with Crippen LogP contribution in [0.2, 0.25) is 0 Å². The molecule has 5 rings (SSSR count). The van der Waals surface area contributed by atoms with Crippen LogP contribution in [0.15, 0.2) is 0 Å². The van der Waals surface area contributed by atoms with Gasteiger partial charge in [0.15, 0.2) is 80.8 Å². The van der Waals surface area contributed by atoms with Crippen LogP contribution in [0.3, 0.4) is 0 Å². The smallest absolute Gasteiger partial charge is 0.397 e. The van der Waals surface area contributed by atoms with Crippen molar-refractivity contribution >= 4 is 86.3 Å². The van der Waals surface area contributed by atoms with Gasteiger partial charge in [0.25, 0.3) is 0 Å². The highest BCUT2D eigenvalue weighted by Crippen LogP contribution is 2.40. The van der Waals surface area contributed by atoms with Gasteiger partial charge in [0.05, 0.1) is 69.2 Å². The Kier molecular flexibility index (Phi) is 40.3. The summed E-state index contributed by atoms with van der Waals surface area (Å²) in [6.07, 6.45) is -77.9. The van der Waals surface area contributed by atoms with Gasteiger partial charge in [-0.15, -0.1) is 0 Å². The van der Waals surface area contributed by atoms with Crippen molar-refractivity contribution in [2.24, 2.45) is 23.7 Å². The summed E-state index contributed by atoms with van der Waals surface area (Å²) >= 11 is 0. The number of aliphatic hydroxyl groups is 11. The van der Waals surface area contributed by atoms with Gasteiger partial charge in [0.2, 0.25) is 0 Å². The molecule has 0 aromatic heterocycles. The topological polar surface area (TPSA) is 901 Å². The Morgan fingerprint density at radius 2 is 0.678 bits per heavy atom. The zero-order valence-corrected chi connectivity index (χ0v) is 68.6. The van der Waals surface area contributed by atoms with Crippen molar-refractivity contribution in [1.29, 1.82) is 0 Å². The maximum absolute atomic E-state index is 13.4. The molecule has 0 aromatic rings. The second-order valence-corrected chi connectivity index (χ2v) is 33.9. The summed E-state index contributed by atoms with van der Waals surface area (Å²) in [6.45, 7) is -3.60. The molecule has 121 heavy (non-hydrogen) atoms. The average molecular weight is 1910 g/mol. The zero-order valence-electron chi connectivity index (χ0n) is 63.7. The Morgan fingerprint density at radius 3 is 1.01 bits per heavy atom. The zero-order chi connectivity index (χ0) is 92.2. The molecule has 65 heteroatoms. The standard InChI is InChI=1S/C56H96O59S6/c1-16-30(62)38(23(9-57)100-52(16)94-8)104-28(14-98-119(85,86)87)108-45(49(70)71)36(21(6)60)110-53-17(2)31(63)39(24(10-58)101-53)105-29(15-99-120(88,89)90)109-46(50(72)73)37(22(7)61)111-54-19(4)33(65)41(26(103-54)12-96-117(79,80)81)112-56-44(115-121(91,92)93)35(67)42(47(114-56)51(74)75)113-55-18(3)32(64)40(25(102-55)11-95-116(76,77)78)106-27(13-97-118(82,83)84)107-43(48(68)69)34(66)20(5)59/h16-47,52-67H,9-15H2,1-8H3,(H,68,69)(H,70,71)(H,72,73)(H,74,75)(H,76,77,78)(H,79,80,81)(H,82,83,84)(H,85,86,87)(H,88,89,90)(H,91,92,93)/t16-,17-,18-,19-,20-,21-,22-,23?,24?,25?,26?,27+,28?,29?,30?,31?,32?,33?,34-,35?,36+,37+,38+,39+,40+,41+,42+,43?,44-,45?,46?,47?,52-,53-,54-,55-,56+/m0/s1. The van der Waals surface area contributed by atoms with Crippen LogP contribution in [0.25, 0.3) is 0 Å². The van der Waals surface area contributed by atoms with Crippen LogP contribution in [-0.4, -0.2) is 435 Å². The maximum atomic E-state index is 13.4. The van der Waals surface area contributed by atoms with Gasteiger partial charge in [-0.25, -0.2) is 44.3 Å². The summed E-state index contributed by atoms with van der Waals surface area (Å²) in [7, 11) is -32.8. The van der Waals surface area contributed by atoms with Crippen molar-refractivity contribution in [2.45, 2.75) is 251 Å². The molecule has 0 amide bonds. The molecule has 59 nitrogen and oxygen atoms in total. The molecule has 5 fully saturated rings. The molecule has 5 heterocycles. The molecule has 0 spiro atoms. The van der Waals surface area contributed by atoms with Gasteiger partial charge in [-0.05, 0) is 20.8 Å². The minimum absolute atomic E-state index is 0.755. The van der Waals surface area contributed by atoms with E-state index >= 15 is 0 Å². The predicted octanol–water partition coefficient (Wildman–Crippen LogP) is -11.5. The first kappa shape index (κ1) is 108. The molecule has 5 aliphatic rings. The van der Waals surface area contributed by atoms with Crippen LogP contribution < -0.4 is 0 Å². The summed E-state index contributed by atoms with van der Waals surface area (Å²) in [5.74, 6) is -15.2. The molecule has 5 saturated heterocycles. The van der Waals surface area contributed by atoms with E-state index in [2.05, 4.69) is 25.1 Å². The van der Waals surface area contributed by atoms with E-state index in [1.807, 2.05) is 0 Å². The lowest BCUT2D eigenvalue weighted by Crippen LogP contribution is -2.67. The molecular weight excluding hydrogens is 1810 g/mol. The number of aliphatic carboxylic acids is 4. The third-order valence-corrected chi connectivity index (χ3v) is 21.0. The predicted molar refractivity (Wildman–Crippen MR) is 367 cm³/mol. The fourth-order valence-corrected chi connectivity index (χ4v) is 14.3. The van der Waals surface area contributed by atoms with E-state index in [1.165, 1.54) is 14.0 Å². The van der Waals surface area contributed by atoms with E-state index in [0.717, 1.165) is 41.5 Å². The molecule has 0 aliphatic carbocycles. The third-order valence-electron chi connectivity index (χ3n) is 18.4. The van der Waals surface area contributed by atoms with Crippen LogP contribution >= 0.6 is 0 Å². The summed E-state index contributed by atoms with van der Waals surface area (Å²) in [5.41, 5.74) is 0. The molecule has 0 bridgehead atoms. The first-order valence-corrected chi connectivity index (χ1v) is 43.1. The van der Waals surface area contributed by atoms with Gasteiger partial charge in [-0.1, -0.05) is 27.7 Å². The molecule has 15 unspecified atom stereocenters.